The molecule has 0 aliphatic carbocycles. The number of quaternary nitrogens is 1. The normalized spacial score (nSPS) is 14.2. The van der Waals surface area contributed by atoms with Crippen LogP contribution in [-0.4, -0.2) is 74.3 Å². The van der Waals surface area contributed by atoms with Gasteiger partial charge in [-0.25, -0.2) is 4.57 Å². The minimum atomic E-state index is -4.46. The Bertz CT molecular complexity index is 1710. The molecule has 0 fully saturated rings. The number of ether oxygens (including phenoxy) is 1. The molecule has 0 aliphatic heterocycles. The molecule has 0 saturated heterocycles. The van der Waals surface area contributed by atoms with E-state index in [9.17, 15) is 19.0 Å². The van der Waals surface area contributed by atoms with Gasteiger partial charge in [0.1, 0.15) is 19.3 Å². The number of phosphoric ester groups is 1. The Morgan fingerprint density at radius 1 is 0.457 bits per heavy atom. The molecule has 0 bridgehead atoms. The Balaban J connectivity index is 5.12. The van der Waals surface area contributed by atoms with Crippen molar-refractivity contribution in [3.8, 4) is 0 Å². The van der Waals surface area contributed by atoms with E-state index in [4.69, 9.17) is 13.8 Å². The van der Waals surface area contributed by atoms with Gasteiger partial charge in [-0.05, 0) is 102 Å². The summed E-state index contributed by atoms with van der Waals surface area (Å²) in [5.74, 6) is -0.520. The molecule has 10 heteroatoms. The van der Waals surface area contributed by atoms with Crippen molar-refractivity contribution in [3.05, 3.63) is 97.2 Å². The summed E-state index contributed by atoms with van der Waals surface area (Å²) in [6.45, 7) is 6.87. The molecule has 0 rings (SSSR count). The van der Waals surface area contributed by atoms with Crippen LogP contribution in [-0.2, 0) is 27.9 Å². The summed E-state index contributed by atoms with van der Waals surface area (Å²) in [7, 11) is 1.48. The zero-order valence-electron chi connectivity index (χ0n) is 53.5. The first-order chi connectivity index (χ1) is 39.4. The van der Waals surface area contributed by atoms with E-state index in [0.29, 0.717) is 17.4 Å². The van der Waals surface area contributed by atoms with Crippen LogP contribution in [0.5, 0.6) is 0 Å². The van der Waals surface area contributed by atoms with Crippen molar-refractivity contribution in [2.75, 3.05) is 40.9 Å². The lowest BCUT2D eigenvalue weighted by Crippen LogP contribution is -2.47. The summed E-state index contributed by atoms with van der Waals surface area (Å²) in [4.78, 5) is 37.8. The number of allylic oxidation sites excluding steroid dienone is 15. The summed E-state index contributed by atoms with van der Waals surface area (Å²) in [6.07, 6.45) is 81.2. The lowest BCUT2D eigenvalue weighted by atomic mass is 10.0. The number of unbranched alkanes of at least 4 members (excludes halogenated alkanes) is 31. The number of carbonyl (C=O) groups excluding carboxylic acids is 2. The summed E-state index contributed by atoms with van der Waals surface area (Å²) in [5.41, 5.74) is 0. The molecule has 81 heavy (non-hydrogen) atoms. The minimum Gasteiger partial charge on any atom is -0.456 e. The van der Waals surface area contributed by atoms with Crippen LogP contribution in [0.2, 0.25) is 0 Å². The highest BCUT2D eigenvalue weighted by Crippen LogP contribution is 2.43. The lowest BCUT2D eigenvalue weighted by molar-refractivity contribution is -0.870. The number of likely N-dealkylation sites (N-methyl/N-ethyl adjacent to an activating group) is 1. The van der Waals surface area contributed by atoms with Gasteiger partial charge in [-0.2, -0.15) is 0 Å². The number of hydrogen-bond donors (Lipinski definition) is 2. The number of nitrogens with zero attached hydrogens (tertiary/aromatic N) is 1. The maximum atomic E-state index is 13.6. The van der Waals surface area contributed by atoms with Crippen molar-refractivity contribution in [1.29, 1.82) is 0 Å². The summed E-state index contributed by atoms with van der Waals surface area (Å²) in [6, 6.07) is -0.861. The van der Waals surface area contributed by atoms with E-state index in [-0.39, 0.29) is 31.5 Å². The van der Waals surface area contributed by atoms with Crippen molar-refractivity contribution in [3.63, 3.8) is 0 Å². The molecule has 0 radical (unpaired) electrons. The van der Waals surface area contributed by atoms with E-state index in [1.165, 1.54) is 141 Å². The first-order valence-electron chi connectivity index (χ1n) is 33.6. The SMILES string of the molecule is CC/C=C\C/C=C\C/C=C\C/C=C\C/C=C\CCCCCCCCCCCCCC(=O)OC(/C=C\CCCCCCCCCCCCC)C(COP(=O)(O)OCC[N+](C)(C)C)NC(=O)CCCCCCCC/C=C/C=C/CCCCC. The second kappa shape index (κ2) is 60.1. The first kappa shape index (κ1) is 77.9. The maximum absolute atomic E-state index is 13.6. The molecule has 2 N–H and O–H groups in total. The number of rotatable bonds is 60. The lowest BCUT2D eigenvalue weighted by Gasteiger charge is -2.27. The van der Waals surface area contributed by atoms with Gasteiger partial charge >= 0.3 is 13.8 Å². The van der Waals surface area contributed by atoms with Crippen LogP contribution in [0, 0.1) is 0 Å². The first-order valence-corrected chi connectivity index (χ1v) is 35.1. The molecule has 468 valence electrons. The van der Waals surface area contributed by atoms with E-state index >= 15 is 0 Å². The van der Waals surface area contributed by atoms with Crippen LogP contribution in [0.4, 0.5) is 0 Å². The molecule has 0 aromatic carbocycles. The van der Waals surface area contributed by atoms with Gasteiger partial charge in [0, 0.05) is 12.8 Å². The molecule has 0 aromatic rings. The molecule has 9 nitrogen and oxygen atoms in total. The number of phosphoric acid groups is 1. The topological polar surface area (TPSA) is 111 Å². The average molecular weight is 1150 g/mol. The monoisotopic (exact) mass is 1150 g/mol. The van der Waals surface area contributed by atoms with E-state index in [2.05, 4.69) is 111 Å². The van der Waals surface area contributed by atoms with Crippen LogP contribution >= 0.6 is 7.82 Å². The number of esters is 1. The second-order valence-electron chi connectivity index (χ2n) is 23.6. The zero-order chi connectivity index (χ0) is 59.3. The van der Waals surface area contributed by atoms with E-state index in [0.717, 1.165) is 116 Å². The molecule has 0 aromatic heterocycles. The molecule has 0 aliphatic rings. The van der Waals surface area contributed by atoms with Crippen molar-refractivity contribution >= 4 is 19.7 Å². The summed E-state index contributed by atoms with van der Waals surface area (Å²) >= 11 is 0. The number of nitrogens with one attached hydrogen (secondary N) is 1. The highest BCUT2D eigenvalue weighted by molar-refractivity contribution is 7.47. The molecule has 0 saturated carbocycles. The molecule has 0 spiro atoms. The van der Waals surface area contributed by atoms with Gasteiger partial charge in [0.05, 0.1) is 33.8 Å². The highest BCUT2D eigenvalue weighted by Gasteiger charge is 2.30. The largest absolute Gasteiger partial charge is 0.472 e. The molecule has 0 heterocycles. The average Bonchev–Trinajstić information content (AvgIpc) is 3.44. The van der Waals surface area contributed by atoms with Crippen molar-refractivity contribution in [2.24, 2.45) is 0 Å². The molecule has 1 amide bonds. The van der Waals surface area contributed by atoms with Crippen LogP contribution in [0.1, 0.15) is 290 Å². The highest BCUT2D eigenvalue weighted by atomic mass is 31.2. The molecular weight excluding hydrogens is 1020 g/mol. The third-order valence-electron chi connectivity index (χ3n) is 14.5. The Hall–Kier alpha value is -3.07. The minimum absolute atomic E-state index is 0.0340. The third kappa shape index (κ3) is 61.3. The van der Waals surface area contributed by atoms with Gasteiger partial charge < -0.3 is 19.4 Å². The van der Waals surface area contributed by atoms with Crippen molar-refractivity contribution in [1.82, 2.24) is 5.32 Å². The number of carbonyl (C=O) groups is 2. The van der Waals surface area contributed by atoms with Crippen LogP contribution < -0.4 is 5.32 Å². The fourth-order valence-electron chi connectivity index (χ4n) is 9.37. The molecular formula is C71H128N2O7P+. The van der Waals surface area contributed by atoms with Gasteiger partial charge in [0.2, 0.25) is 5.91 Å². The quantitative estimate of drug-likeness (QED) is 0.0156. The molecule has 3 atom stereocenters. The number of amides is 1. The van der Waals surface area contributed by atoms with Crippen LogP contribution in [0.3, 0.4) is 0 Å². The number of hydrogen-bond acceptors (Lipinski definition) is 6. The predicted octanol–water partition coefficient (Wildman–Crippen LogP) is 21.1. The Kier molecular flexibility index (Phi) is 57.8. The van der Waals surface area contributed by atoms with Gasteiger partial charge in [-0.15, -0.1) is 0 Å². The Labute approximate surface area is 500 Å². The van der Waals surface area contributed by atoms with Crippen molar-refractivity contribution < 1.29 is 37.3 Å². The second-order valence-corrected chi connectivity index (χ2v) is 25.1. The van der Waals surface area contributed by atoms with Crippen molar-refractivity contribution in [2.45, 2.75) is 303 Å². The standard InChI is InChI=1S/C71H127N2O7P/c1-7-10-13-16-19-22-25-28-30-31-32-33-34-35-36-37-38-39-40-41-43-46-49-52-55-58-61-64-71(75)80-69(62-59-56-53-50-47-44-27-24-21-18-15-12-9-3)68(67-79-81(76,77)78-66-65-73(4,5)6)72-70(74)63-60-57-54-51-48-45-42-29-26-23-20-17-14-11-8-2/h10,13,19-20,22-23,26,28-30,32-33,35-36,59,62,68-69H,7-9,11-12,14-18,21,24-25,27,31,34,37-58,60-61,63-67H2,1-6H3,(H-,72,74,76,77)/p+1/b13-10-,22-19-,23-20+,29-26+,30-28-,33-32-,36-35-,62-59-. The Morgan fingerprint density at radius 2 is 0.827 bits per heavy atom. The summed E-state index contributed by atoms with van der Waals surface area (Å²) in [5, 5.41) is 3.05. The maximum Gasteiger partial charge on any atom is 0.472 e. The van der Waals surface area contributed by atoms with E-state index < -0.39 is 20.0 Å². The van der Waals surface area contributed by atoms with Gasteiger partial charge in [0.15, 0.2) is 0 Å². The van der Waals surface area contributed by atoms with E-state index in [1.54, 1.807) is 0 Å². The van der Waals surface area contributed by atoms with Gasteiger partial charge in [-0.1, -0.05) is 272 Å². The van der Waals surface area contributed by atoms with Gasteiger partial charge in [-0.3, -0.25) is 18.6 Å². The fraction of sp³-hybridized carbons (Fsp3) is 0.746. The van der Waals surface area contributed by atoms with Crippen LogP contribution in [0.15, 0.2) is 97.2 Å². The van der Waals surface area contributed by atoms with Crippen LogP contribution in [0.25, 0.3) is 0 Å². The van der Waals surface area contributed by atoms with E-state index in [1.807, 2.05) is 33.3 Å². The Morgan fingerprint density at radius 3 is 1.28 bits per heavy atom. The van der Waals surface area contributed by atoms with Gasteiger partial charge in [0.25, 0.3) is 0 Å². The fourth-order valence-corrected chi connectivity index (χ4v) is 10.1. The zero-order valence-corrected chi connectivity index (χ0v) is 54.4. The predicted molar refractivity (Wildman–Crippen MR) is 350 cm³/mol. The smallest absolute Gasteiger partial charge is 0.456 e. The summed E-state index contributed by atoms with van der Waals surface area (Å²) < 4.78 is 30.8. The molecule has 3 unspecified atom stereocenters. The third-order valence-corrected chi connectivity index (χ3v) is 15.5.